The van der Waals surface area contributed by atoms with Crippen molar-refractivity contribution in [3.05, 3.63) is 23.3 Å². The fourth-order valence-electron chi connectivity index (χ4n) is 3.15. The van der Waals surface area contributed by atoms with Gasteiger partial charge in [-0.2, -0.15) is 0 Å². The minimum absolute atomic E-state index is 0.0954. The van der Waals surface area contributed by atoms with E-state index in [4.69, 9.17) is 15.2 Å². The predicted molar refractivity (Wildman–Crippen MR) is 86.5 cm³/mol. The maximum absolute atomic E-state index is 12.6. The normalized spacial score (nSPS) is 21.3. The number of methoxy groups -OCH3 is 2. The first-order chi connectivity index (χ1) is 10.6. The molecule has 1 aromatic carbocycles. The minimum Gasteiger partial charge on any atom is -0.496 e. The van der Waals surface area contributed by atoms with Crippen molar-refractivity contribution in [2.45, 2.75) is 38.6 Å². The molecule has 2 atom stereocenters. The number of nitrogens with two attached hydrogens (primary N) is 1. The standard InChI is InChI=1S/C17H26N2O3/c1-11-15(21-2)8-13(9-16(11)22-3)17(20)19-14-7-5-4-6-12(14)10-18/h8-9,12,14H,4-7,10,18H2,1-3H3,(H,19,20). The molecule has 122 valence electrons. The molecule has 2 unspecified atom stereocenters. The van der Waals surface area contributed by atoms with Crippen molar-refractivity contribution in [2.24, 2.45) is 11.7 Å². The lowest BCUT2D eigenvalue weighted by Gasteiger charge is -2.31. The van der Waals surface area contributed by atoms with Gasteiger partial charge >= 0.3 is 0 Å². The van der Waals surface area contributed by atoms with Gasteiger partial charge in [0.2, 0.25) is 0 Å². The molecule has 1 fully saturated rings. The number of carbonyl (C=O) groups excluding carboxylic acids is 1. The number of benzene rings is 1. The first-order valence-electron chi connectivity index (χ1n) is 7.84. The number of carbonyl (C=O) groups is 1. The Labute approximate surface area is 132 Å². The van der Waals surface area contributed by atoms with Crippen LogP contribution in [0.5, 0.6) is 11.5 Å². The van der Waals surface area contributed by atoms with Crippen molar-refractivity contribution in [1.29, 1.82) is 0 Å². The Balaban J connectivity index is 2.18. The molecule has 0 spiro atoms. The molecule has 1 amide bonds. The highest BCUT2D eigenvalue weighted by atomic mass is 16.5. The summed E-state index contributed by atoms with van der Waals surface area (Å²) in [6.07, 6.45) is 4.41. The van der Waals surface area contributed by atoms with Crippen LogP contribution in [-0.4, -0.2) is 32.7 Å². The third-order valence-corrected chi connectivity index (χ3v) is 4.54. The van der Waals surface area contributed by atoms with E-state index in [-0.39, 0.29) is 11.9 Å². The van der Waals surface area contributed by atoms with Crippen LogP contribution in [0.25, 0.3) is 0 Å². The van der Waals surface area contributed by atoms with Gasteiger partial charge in [0.1, 0.15) is 11.5 Å². The molecule has 5 heteroatoms. The lowest BCUT2D eigenvalue weighted by molar-refractivity contribution is 0.0907. The largest absolute Gasteiger partial charge is 0.496 e. The van der Waals surface area contributed by atoms with Crippen molar-refractivity contribution < 1.29 is 14.3 Å². The van der Waals surface area contributed by atoms with Gasteiger partial charge in [0, 0.05) is 17.2 Å². The Kier molecular flexibility index (Phi) is 5.66. The summed E-state index contributed by atoms with van der Waals surface area (Å²) in [6.45, 7) is 2.52. The molecule has 0 aliphatic heterocycles. The summed E-state index contributed by atoms with van der Waals surface area (Å²) in [5.41, 5.74) is 7.27. The maximum atomic E-state index is 12.6. The highest BCUT2D eigenvalue weighted by molar-refractivity contribution is 5.95. The summed E-state index contributed by atoms with van der Waals surface area (Å²) < 4.78 is 10.7. The third kappa shape index (κ3) is 3.53. The first kappa shape index (κ1) is 16.6. The third-order valence-electron chi connectivity index (χ3n) is 4.54. The van der Waals surface area contributed by atoms with Gasteiger partial charge in [-0.1, -0.05) is 12.8 Å². The van der Waals surface area contributed by atoms with Crippen LogP contribution in [0.2, 0.25) is 0 Å². The monoisotopic (exact) mass is 306 g/mol. The van der Waals surface area contributed by atoms with E-state index in [2.05, 4.69) is 5.32 Å². The fraction of sp³-hybridized carbons (Fsp3) is 0.588. The molecule has 2 rings (SSSR count). The van der Waals surface area contributed by atoms with Gasteiger partial charge < -0.3 is 20.5 Å². The molecule has 0 aromatic heterocycles. The average Bonchev–Trinajstić information content (AvgIpc) is 2.55. The van der Waals surface area contributed by atoms with Crippen molar-refractivity contribution in [1.82, 2.24) is 5.32 Å². The number of ether oxygens (including phenoxy) is 2. The maximum Gasteiger partial charge on any atom is 0.251 e. The van der Waals surface area contributed by atoms with E-state index in [1.807, 2.05) is 6.92 Å². The highest BCUT2D eigenvalue weighted by Gasteiger charge is 2.26. The summed E-state index contributed by atoms with van der Waals surface area (Å²) in [5, 5.41) is 3.13. The zero-order valence-corrected chi connectivity index (χ0v) is 13.6. The van der Waals surface area contributed by atoms with E-state index in [1.54, 1.807) is 26.4 Å². The van der Waals surface area contributed by atoms with Gasteiger partial charge in [-0.05, 0) is 44.4 Å². The van der Waals surface area contributed by atoms with Gasteiger partial charge in [0.05, 0.1) is 14.2 Å². The van der Waals surface area contributed by atoms with Gasteiger partial charge in [-0.3, -0.25) is 4.79 Å². The van der Waals surface area contributed by atoms with Crippen molar-refractivity contribution in [2.75, 3.05) is 20.8 Å². The Hall–Kier alpha value is -1.75. The summed E-state index contributed by atoms with van der Waals surface area (Å²) in [5.74, 6) is 1.58. The van der Waals surface area contributed by atoms with Crippen LogP contribution < -0.4 is 20.5 Å². The van der Waals surface area contributed by atoms with Crippen LogP contribution in [-0.2, 0) is 0 Å². The van der Waals surface area contributed by atoms with E-state index < -0.39 is 0 Å². The number of amides is 1. The zero-order valence-electron chi connectivity index (χ0n) is 13.6. The summed E-state index contributed by atoms with van der Waals surface area (Å²) in [4.78, 5) is 12.6. The Bertz CT molecular complexity index is 506. The lowest BCUT2D eigenvalue weighted by Crippen LogP contribution is -2.44. The number of nitrogens with one attached hydrogen (secondary N) is 1. The molecular formula is C17H26N2O3. The highest BCUT2D eigenvalue weighted by Crippen LogP contribution is 2.30. The van der Waals surface area contributed by atoms with E-state index >= 15 is 0 Å². The van der Waals surface area contributed by atoms with E-state index in [0.717, 1.165) is 24.8 Å². The lowest BCUT2D eigenvalue weighted by atomic mass is 9.84. The van der Waals surface area contributed by atoms with E-state index in [0.29, 0.717) is 29.5 Å². The van der Waals surface area contributed by atoms with Crippen molar-refractivity contribution >= 4 is 5.91 Å². The Morgan fingerprint density at radius 3 is 2.36 bits per heavy atom. The SMILES string of the molecule is COc1cc(C(=O)NC2CCCCC2CN)cc(OC)c1C. The molecule has 1 aliphatic carbocycles. The summed E-state index contributed by atoms with van der Waals surface area (Å²) in [7, 11) is 3.18. The second-order valence-corrected chi connectivity index (χ2v) is 5.87. The minimum atomic E-state index is -0.0954. The second-order valence-electron chi connectivity index (χ2n) is 5.87. The van der Waals surface area contributed by atoms with Crippen LogP contribution in [0.1, 0.15) is 41.6 Å². The van der Waals surface area contributed by atoms with Gasteiger partial charge in [0.25, 0.3) is 5.91 Å². The summed E-state index contributed by atoms with van der Waals surface area (Å²) >= 11 is 0. The van der Waals surface area contributed by atoms with E-state index in [1.165, 1.54) is 6.42 Å². The second kappa shape index (κ2) is 7.49. The van der Waals surface area contributed by atoms with Crippen molar-refractivity contribution in [3.63, 3.8) is 0 Å². The van der Waals surface area contributed by atoms with Gasteiger partial charge in [-0.25, -0.2) is 0 Å². The van der Waals surface area contributed by atoms with Crippen LogP contribution in [0.4, 0.5) is 0 Å². The zero-order chi connectivity index (χ0) is 16.1. The topological polar surface area (TPSA) is 73.6 Å². The number of rotatable bonds is 5. The van der Waals surface area contributed by atoms with Gasteiger partial charge in [-0.15, -0.1) is 0 Å². The quantitative estimate of drug-likeness (QED) is 0.875. The van der Waals surface area contributed by atoms with Crippen molar-refractivity contribution in [3.8, 4) is 11.5 Å². The van der Waals surface area contributed by atoms with Crippen LogP contribution in [0.3, 0.4) is 0 Å². The molecule has 1 saturated carbocycles. The van der Waals surface area contributed by atoms with Crippen LogP contribution in [0, 0.1) is 12.8 Å². The number of hydrogen-bond acceptors (Lipinski definition) is 4. The molecule has 0 bridgehead atoms. The average molecular weight is 306 g/mol. The fourth-order valence-corrected chi connectivity index (χ4v) is 3.15. The van der Waals surface area contributed by atoms with Gasteiger partial charge in [0.15, 0.2) is 0 Å². The Morgan fingerprint density at radius 1 is 1.23 bits per heavy atom. The van der Waals surface area contributed by atoms with Crippen LogP contribution >= 0.6 is 0 Å². The Morgan fingerprint density at radius 2 is 1.82 bits per heavy atom. The molecule has 3 N–H and O–H groups in total. The summed E-state index contributed by atoms with van der Waals surface area (Å²) in [6, 6.07) is 3.67. The molecule has 0 saturated heterocycles. The predicted octanol–water partition coefficient (Wildman–Crippen LogP) is 2.26. The first-order valence-corrected chi connectivity index (χ1v) is 7.84. The smallest absolute Gasteiger partial charge is 0.251 e. The molecule has 5 nitrogen and oxygen atoms in total. The number of hydrogen-bond donors (Lipinski definition) is 2. The van der Waals surface area contributed by atoms with Crippen LogP contribution in [0.15, 0.2) is 12.1 Å². The molecule has 1 aromatic rings. The molecule has 22 heavy (non-hydrogen) atoms. The molecule has 0 radical (unpaired) electrons. The molecule has 0 heterocycles. The molecular weight excluding hydrogens is 280 g/mol. The molecule has 1 aliphatic rings. The van der Waals surface area contributed by atoms with E-state index in [9.17, 15) is 4.79 Å².